The molecule has 148 valence electrons. The molecular weight excluding hydrogens is 376 g/mol. The van der Waals surface area contributed by atoms with E-state index in [2.05, 4.69) is 5.32 Å². The summed E-state index contributed by atoms with van der Waals surface area (Å²) in [5.41, 5.74) is 1.90. The Kier molecular flexibility index (Phi) is 4.77. The molecule has 0 saturated carbocycles. The third kappa shape index (κ3) is 3.23. The number of aryl methyl sites for hydroxylation is 1. The molecular formula is C21H18N2O6. The Morgan fingerprint density at radius 1 is 1.14 bits per heavy atom. The third-order valence-corrected chi connectivity index (χ3v) is 4.70. The summed E-state index contributed by atoms with van der Waals surface area (Å²) in [6.07, 6.45) is 0. The van der Waals surface area contributed by atoms with E-state index < -0.39 is 10.5 Å². The minimum absolute atomic E-state index is 0.0827. The number of fused-ring (bicyclic) bond motifs is 3. The zero-order valence-corrected chi connectivity index (χ0v) is 15.9. The summed E-state index contributed by atoms with van der Waals surface area (Å²) >= 11 is 0. The van der Waals surface area contributed by atoms with Crippen LogP contribution >= 0.6 is 0 Å². The molecule has 0 saturated heterocycles. The van der Waals surface area contributed by atoms with E-state index in [0.717, 1.165) is 5.56 Å². The van der Waals surface area contributed by atoms with Crippen molar-refractivity contribution < 1.29 is 18.5 Å². The van der Waals surface area contributed by atoms with E-state index in [1.807, 2.05) is 25.1 Å². The minimum atomic E-state index is -0.563. The Balaban J connectivity index is 2.05. The van der Waals surface area contributed by atoms with Gasteiger partial charge in [-0.2, -0.15) is 0 Å². The fourth-order valence-electron chi connectivity index (χ4n) is 3.37. The number of ether oxygens (including phenoxy) is 1. The normalized spacial score (nSPS) is 11.2. The second kappa shape index (κ2) is 7.40. The second-order valence-corrected chi connectivity index (χ2v) is 6.58. The van der Waals surface area contributed by atoms with Gasteiger partial charge in [0.2, 0.25) is 5.88 Å². The molecule has 0 unspecified atom stereocenters. The molecule has 0 atom stereocenters. The van der Waals surface area contributed by atoms with Crippen molar-refractivity contribution in [2.75, 3.05) is 25.6 Å². The summed E-state index contributed by atoms with van der Waals surface area (Å²) in [6.45, 7) is 2.69. The maximum absolute atomic E-state index is 12.9. The van der Waals surface area contributed by atoms with Gasteiger partial charge in [-0.1, -0.05) is 24.3 Å². The Labute approximate surface area is 164 Å². The van der Waals surface area contributed by atoms with Gasteiger partial charge in [-0.05, 0) is 24.1 Å². The third-order valence-electron chi connectivity index (χ3n) is 4.70. The number of hydrogen-bond donors (Lipinski definition) is 1. The number of hydrogen-bond acceptors (Lipinski definition) is 7. The van der Waals surface area contributed by atoms with E-state index in [4.69, 9.17) is 13.6 Å². The molecule has 0 aliphatic heterocycles. The predicted octanol–water partition coefficient (Wildman–Crippen LogP) is 4.48. The highest BCUT2D eigenvalue weighted by molar-refractivity contribution is 6.10. The van der Waals surface area contributed by atoms with Gasteiger partial charge in [0.25, 0.3) is 5.69 Å². The van der Waals surface area contributed by atoms with Crippen LogP contribution in [0.5, 0.6) is 0 Å². The fourth-order valence-corrected chi connectivity index (χ4v) is 3.37. The Bertz CT molecular complexity index is 1290. The molecule has 0 aliphatic rings. The Morgan fingerprint density at radius 2 is 1.93 bits per heavy atom. The molecule has 0 amide bonds. The maximum atomic E-state index is 12.9. The summed E-state index contributed by atoms with van der Waals surface area (Å²) < 4.78 is 16.7. The van der Waals surface area contributed by atoms with Crippen molar-refractivity contribution in [1.82, 2.24) is 0 Å². The molecule has 2 heterocycles. The number of nitro groups is 1. The number of non-ortho nitro benzene ring substituents is 1. The van der Waals surface area contributed by atoms with Gasteiger partial charge in [0.1, 0.15) is 11.0 Å². The first-order valence-electron chi connectivity index (χ1n) is 8.98. The molecule has 0 radical (unpaired) electrons. The van der Waals surface area contributed by atoms with Crippen molar-refractivity contribution in [2.24, 2.45) is 0 Å². The zero-order valence-electron chi connectivity index (χ0n) is 15.9. The number of anilines is 1. The molecule has 0 bridgehead atoms. The van der Waals surface area contributed by atoms with Crippen LogP contribution in [0.3, 0.4) is 0 Å². The summed E-state index contributed by atoms with van der Waals surface area (Å²) in [7, 11) is 1.58. The fraction of sp³-hybridized carbons (Fsp3) is 0.190. The van der Waals surface area contributed by atoms with Crippen LogP contribution < -0.4 is 10.9 Å². The van der Waals surface area contributed by atoms with Crippen LogP contribution in [-0.4, -0.2) is 25.2 Å². The van der Waals surface area contributed by atoms with E-state index in [1.165, 1.54) is 12.1 Å². The highest BCUT2D eigenvalue weighted by Gasteiger charge is 2.24. The van der Waals surface area contributed by atoms with E-state index in [-0.39, 0.29) is 11.1 Å². The first-order chi connectivity index (χ1) is 14.0. The lowest BCUT2D eigenvalue weighted by molar-refractivity contribution is -0.384. The van der Waals surface area contributed by atoms with Crippen LogP contribution in [0, 0.1) is 17.0 Å². The number of nitrogens with zero attached hydrogens (tertiary/aromatic N) is 1. The average Bonchev–Trinajstić information content (AvgIpc) is 3.09. The number of benzene rings is 2. The van der Waals surface area contributed by atoms with Crippen LogP contribution in [0.15, 0.2) is 56.1 Å². The Morgan fingerprint density at radius 3 is 2.69 bits per heavy atom. The van der Waals surface area contributed by atoms with Gasteiger partial charge in [0.15, 0.2) is 5.58 Å². The molecule has 29 heavy (non-hydrogen) atoms. The number of para-hydroxylation sites is 1. The molecule has 0 fully saturated rings. The predicted molar refractivity (Wildman–Crippen MR) is 109 cm³/mol. The molecule has 2 aromatic heterocycles. The molecule has 4 aromatic rings. The lowest BCUT2D eigenvalue weighted by Gasteiger charge is -2.06. The first kappa shape index (κ1) is 18.7. The van der Waals surface area contributed by atoms with Crippen LogP contribution in [0.1, 0.15) is 5.56 Å². The quantitative estimate of drug-likeness (QED) is 0.222. The molecule has 4 rings (SSSR count). The lowest BCUT2D eigenvalue weighted by atomic mass is 10.0. The lowest BCUT2D eigenvalue weighted by Crippen LogP contribution is -2.08. The zero-order chi connectivity index (χ0) is 20.5. The molecule has 2 aromatic carbocycles. The molecule has 8 heteroatoms. The minimum Gasteiger partial charge on any atom is -0.439 e. The highest BCUT2D eigenvalue weighted by atomic mass is 16.6. The van der Waals surface area contributed by atoms with Gasteiger partial charge in [-0.3, -0.25) is 10.1 Å². The van der Waals surface area contributed by atoms with Crippen molar-refractivity contribution in [2.45, 2.75) is 6.92 Å². The number of rotatable bonds is 6. The molecule has 1 N–H and O–H groups in total. The smallest absolute Gasteiger partial charge is 0.348 e. The molecule has 0 aliphatic carbocycles. The van der Waals surface area contributed by atoms with Gasteiger partial charge in [0, 0.05) is 25.8 Å². The van der Waals surface area contributed by atoms with Crippen LogP contribution in [0.25, 0.3) is 33.1 Å². The van der Waals surface area contributed by atoms with Crippen molar-refractivity contribution in [3.05, 3.63) is 68.6 Å². The highest BCUT2D eigenvalue weighted by Crippen LogP contribution is 2.40. The van der Waals surface area contributed by atoms with Gasteiger partial charge < -0.3 is 18.9 Å². The van der Waals surface area contributed by atoms with Crippen molar-refractivity contribution in [3.8, 4) is 11.1 Å². The second-order valence-electron chi connectivity index (χ2n) is 6.58. The summed E-state index contributed by atoms with van der Waals surface area (Å²) in [5.74, 6) is 0.332. The van der Waals surface area contributed by atoms with Gasteiger partial charge in [0.05, 0.1) is 22.5 Å². The SMILES string of the molecule is COCCNc1oc2c(c1-c1cccc([N+](=O)[O-])c1)c(=O)oc1c(C)cccc12. The van der Waals surface area contributed by atoms with Crippen LogP contribution in [0.4, 0.5) is 11.6 Å². The Hall–Kier alpha value is -3.65. The van der Waals surface area contributed by atoms with Crippen molar-refractivity contribution in [1.29, 1.82) is 0 Å². The molecule has 0 spiro atoms. The number of nitro benzene ring substituents is 1. The average molecular weight is 394 g/mol. The van der Waals surface area contributed by atoms with Gasteiger partial charge in [-0.25, -0.2) is 4.79 Å². The summed E-state index contributed by atoms with van der Waals surface area (Å²) in [4.78, 5) is 23.6. The van der Waals surface area contributed by atoms with E-state index in [1.54, 1.807) is 19.2 Å². The standard InChI is InChI=1S/C21H18N2O6/c1-12-5-3-8-15-18(12)29-21(24)17-16(13-6-4-7-14(11-13)23(25)26)20(28-19(15)17)22-9-10-27-2/h3-8,11,22H,9-10H2,1-2H3. The number of methoxy groups -OCH3 is 1. The monoisotopic (exact) mass is 394 g/mol. The first-order valence-corrected chi connectivity index (χ1v) is 8.98. The van der Waals surface area contributed by atoms with Gasteiger partial charge >= 0.3 is 5.63 Å². The summed E-state index contributed by atoms with van der Waals surface area (Å²) in [5, 5.41) is 15.2. The topological polar surface area (TPSA) is 108 Å². The van der Waals surface area contributed by atoms with Crippen LogP contribution in [0.2, 0.25) is 0 Å². The maximum Gasteiger partial charge on any atom is 0.348 e. The van der Waals surface area contributed by atoms with Crippen molar-refractivity contribution in [3.63, 3.8) is 0 Å². The van der Waals surface area contributed by atoms with Crippen molar-refractivity contribution >= 4 is 33.5 Å². The van der Waals surface area contributed by atoms with E-state index in [9.17, 15) is 14.9 Å². The number of furan rings is 1. The van der Waals surface area contributed by atoms with Gasteiger partial charge in [-0.15, -0.1) is 0 Å². The number of nitrogens with one attached hydrogen (secondary N) is 1. The molecule has 8 nitrogen and oxygen atoms in total. The van der Waals surface area contributed by atoms with E-state index in [0.29, 0.717) is 46.7 Å². The van der Waals surface area contributed by atoms with E-state index >= 15 is 0 Å². The largest absolute Gasteiger partial charge is 0.439 e. The van der Waals surface area contributed by atoms with Crippen LogP contribution in [-0.2, 0) is 4.74 Å². The summed E-state index contributed by atoms with van der Waals surface area (Å²) in [6, 6.07) is 11.6.